The zero-order chi connectivity index (χ0) is 11.9. The van der Waals surface area contributed by atoms with Gasteiger partial charge in [0.25, 0.3) is 0 Å². The van der Waals surface area contributed by atoms with Crippen molar-refractivity contribution in [3.63, 3.8) is 0 Å². The summed E-state index contributed by atoms with van der Waals surface area (Å²) in [5.74, 6) is -0.959. The van der Waals surface area contributed by atoms with E-state index in [4.69, 9.17) is 5.11 Å². The maximum absolute atomic E-state index is 10.9. The summed E-state index contributed by atoms with van der Waals surface area (Å²) in [5.41, 5.74) is 2.94. The first-order chi connectivity index (χ1) is 7.54. The Kier molecular flexibility index (Phi) is 2.27. The van der Waals surface area contributed by atoms with Crippen LogP contribution in [0.4, 0.5) is 0 Å². The van der Waals surface area contributed by atoms with E-state index < -0.39 is 5.97 Å². The second kappa shape index (κ2) is 3.48. The molecule has 0 spiro atoms. The fourth-order valence-corrected chi connectivity index (χ4v) is 1.89. The van der Waals surface area contributed by atoms with E-state index in [0.29, 0.717) is 16.6 Å². The second-order valence-corrected chi connectivity index (χ2v) is 3.80. The zero-order valence-corrected chi connectivity index (χ0v) is 9.00. The number of fused-ring (bicyclic) bond motifs is 1. The van der Waals surface area contributed by atoms with Crippen molar-refractivity contribution in [2.75, 3.05) is 0 Å². The highest BCUT2D eigenvalue weighted by Crippen LogP contribution is 2.24. The predicted molar refractivity (Wildman–Crippen MR) is 60.1 cm³/mol. The minimum absolute atomic E-state index is 0.256. The van der Waals surface area contributed by atoms with Gasteiger partial charge in [-0.15, -0.1) is 0 Å². The fraction of sp³-hybridized carbons (Fsp3) is 0.167. The lowest BCUT2D eigenvalue weighted by Gasteiger charge is -2.00. The molecule has 1 heterocycles. The van der Waals surface area contributed by atoms with Gasteiger partial charge in [-0.3, -0.25) is 4.79 Å². The van der Waals surface area contributed by atoms with Crippen LogP contribution in [0.3, 0.4) is 0 Å². The summed E-state index contributed by atoms with van der Waals surface area (Å²) in [4.78, 5) is 24.8. The van der Waals surface area contributed by atoms with Crippen LogP contribution in [-0.2, 0) is 0 Å². The Hall–Kier alpha value is -2.10. The van der Waals surface area contributed by atoms with E-state index in [-0.39, 0.29) is 5.56 Å². The number of nitrogens with one attached hydrogen (secondary N) is 1. The lowest BCUT2D eigenvalue weighted by Crippen LogP contribution is -1.99. The molecule has 2 aromatic rings. The smallest absolute Gasteiger partial charge is 0.336 e. The quantitative estimate of drug-likeness (QED) is 0.758. The van der Waals surface area contributed by atoms with E-state index in [9.17, 15) is 9.59 Å². The van der Waals surface area contributed by atoms with Gasteiger partial charge in [0.2, 0.25) is 0 Å². The number of benzene rings is 1. The number of aryl methyl sites for hydroxylation is 2. The summed E-state index contributed by atoms with van der Waals surface area (Å²) in [5, 5.41) is 9.75. The maximum Gasteiger partial charge on any atom is 0.336 e. The van der Waals surface area contributed by atoms with Gasteiger partial charge in [0.1, 0.15) is 0 Å². The van der Waals surface area contributed by atoms with Crippen molar-refractivity contribution >= 4 is 23.2 Å². The number of carbonyl (C=O) groups is 2. The summed E-state index contributed by atoms with van der Waals surface area (Å²) in [6, 6.07) is 3.29. The van der Waals surface area contributed by atoms with Crippen molar-refractivity contribution in [1.82, 2.24) is 4.98 Å². The Morgan fingerprint density at radius 1 is 1.38 bits per heavy atom. The highest BCUT2D eigenvalue weighted by atomic mass is 16.4. The van der Waals surface area contributed by atoms with Crippen molar-refractivity contribution in [3.8, 4) is 0 Å². The largest absolute Gasteiger partial charge is 0.478 e. The number of H-pyrrole nitrogens is 1. The van der Waals surface area contributed by atoms with Crippen LogP contribution in [0.1, 0.15) is 32.0 Å². The van der Waals surface area contributed by atoms with Crippen molar-refractivity contribution in [2.24, 2.45) is 0 Å². The Morgan fingerprint density at radius 3 is 2.62 bits per heavy atom. The molecule has 2 rings (SSSR count). The van der Waals surface area contributed by atoms with E-state index in [1.165, 1.54) is 0 Å². The van der Waals surface area contributed by atoms with E-state index in [0.717, 1.165) is 17.4 Å². The molecule has 0 radical (unpaired) electrons. The topological polar surface area (TPSA) is 70.2 Å². The van der Waals surface area contributed by atoms with Gasteiger partial charge in [-0.05, 0) is 31.5 Å². The molecule has 0 amide bonds. The van der Waals surface area contributed by atoms with Crippen LogP contribution < -0.4 is 0 Å². The third-order valence-corrected chi connectivity index (χ3v) is 2.73. The highest BCUT2D eigenvalue weighted by Gasteiger charge is 2.13. The van der Waals surface area contributed by atoms with E-state index in [1.807, 2.05) is 0 Å². The first-order valence-corrected chi connectivity index (χ1v) is 4.86. The Morgan fingerprint density at radius 2 is 2.06 bits per heavy atom. The molecule has 0 aliphatic heterocycles. The Labute approximate surface area is 91.9 Å². The maximum atomic E-state index is 10.9. The van der Waals surface area contributed by atoms with E-state index in [2.05, 4.69) is 4.98 Å². The van der Waals surface area contributed by atoms with E-state index in [1.54, 1.807) is 26.0 Å². The average molecular weight is 217 g/mol. The molecular formula is C12H11NO3. The monoisotopic (exact) mass is 217 g/mol. The number of aromatic carboxylic acids is 1. The SMILES string of the molecule is Cc1cc2c(C=O)c(C)[nH]c2cc1C(=O)O. The first kappa shape index (κ1) is 10.4. The number of carboxylic acid groups (broad SMARTS) is 1. The van der Waals surface area contributed by atoms with Crippen LogP contribution in [0.5, 0.6) is 0 Å². The summed E-state index contributed by atoms with van der Waals surface area (Å²) in [6.45, 7) is 3.51. The summed E-state index contributed by atoms with van der Waals surface area (Å²) < 4.78 is 0. The lowest BCUT2D eigenvalue weighted by atomic mass is 10.0. The molecule has 16 heavy (non-hydrogen) atoms. The molecule has 0 saturated carbocycles. The molecule has 0 bridgehead atoms. The van der Waals surface area contributed by atoms with Crippen LogP contribution >= 0.6 is 0 Å². The van der Waals surface area contributed by atoms with Crippen LogP contribution in [0, 0.1) is 13.8 Å². The molecule has 82 valence electrons. The van der Waals surface area contributed by atoms with Crippen LogP contribution in [-0.4, -0.2) is 22.3 Å². The normalized spacial score (nSPS) is 10.6. The minimum atomic E-state index is -0.959. The number of aromatic nitrogens is 1. The first-order valence-electron chi connectivity index (χ1n) is 4.86. The Bertz CT molecular complexity index is 596. The molecule has 0 atom stereocenters. The molecule has 0 unspecified atom stereocenters. The summed E-state index contributed by atoms with van der Waals surface area (Å²) in [6.07, 6.45) is 0.786. The number of carbonyl (C=O) groups excluding carboxylic acids is 1. The summed E-state index contributed by atoms with van der Waals surface area (Å²) >= 11 is 0. The number of carboxylic acids is 1. The highest BCUT2D eigenvalue weighted by molar-refractivity contribution is 6.02. The van der Waals surface area contributed by atoms with Crippen molar-refractivity contribution < 1.29 is 14.7 Å². The van der Waals surface area contributed by atoms with Crippen molar-refractivity contribution in [1.29, 1.82) is 0 Å². The lowest BCUT2D eigenvalue weighted by molar-refractivity contribution is 0.0696. The second-order valence-electron chi connectivity index (χ2n) is 3.80. The van der Waals surface area contributed by atoms with Crippen LogP contribution in [0.25, 0.3) is 10.9 Å². The number of aldehydes is 1. The number of aromatic amines is 1. The molecule has 4 heteroatoms. The summed E-state index contributed by atoms with van der Waals surface area (Å²) in [7, 11) is 0. The molecule has 2 N–H and O–H groups in total. The zero-order valence-electron chi connectivity index (χ0n) is 9.00. The average Bonchev–Trinajstić information content (AvgIpc) is 2.51. The molecule has 0 fully saturated rings. The van der Waals surface area contributed by atoms with Gasteiger partial charge in [0.15, 0.2) is 6.29 Å². The van der Waals surface area contributed by atoms with Gasteiger partial charge in [-0.25, -0.2) is 4.79 Å². The molecule has 1 aromatic carbocycles. The third kappa shape index (κ3) is 1.39. The number of rotatable bonds is 2. The standard InChI is InChI=1S/C12H11NO3/c1-6-3-9-10(5-14)7(2)13-11(9)4-8(6)12(15)16/h3-5,13H,1-2H3,(H,15,16). The van der Waals surface area contributed by atoms with Gasteiger partial charge in [-0.1, -0.05) is 0 Å². The van der Waals surface area contributed by atoms with Gasteiger partial charge >= 0.3 is 5.97 Å². The van der Waals surface area contributed by atoms with Gasteiger partial charge in [0.05, 0.1) is 5.56 Å². The fourth-order valence-electron chi connectivity index (χ4n) is 1.89. The third-order valence-electron chi connectivity index (χ3n) is 2.73. The van der Waals surface area contributed by atoms with E-state index >= 15 is 0 Å². The Balaban J connectivity index is 2.83. The van der Waals surface area contributed by atoms with Crippen LogP contribution in [0.2, 0.25) is 0 Å². The predicted octanol–water partition coefficient (Wildman–Crippen LogP) is 2.30. The minimum Gasteiger partial charge on any atom is -0.478 e. The van der Waals surface area contributed by atoms with Gasteiger partial charge in [-0.2, -0.15) is 0 Å². The van der Waals surface area contributed by atoms with Crippen molar-refractivity contribution in [2.45, 2.75) is 13.8 Å². The number of hydrogen-bond acceptors (Lipinski definition) is 2. The van der Waals surface area contributed by atoms with Crippen LogP contribution in [0.15, 0.2) is 12.1 Å². The molecule has 1 aromatic heterocycles. The molecule has 0 aliphatic carbocycles. The molecule has 4 nitrogen and oxygen atoms in total. The molecule has 0 aliphatic rings. The molecular weight excluding hydrogens is 206 g/mol. The molecule has 0 saturated heterocycles. The van der Waals surface area contributed by atoms with Gasteiger partial charge in [0, 0.05) is 22.2 Å². The number of hydrogen-bond donors (Lipinski definition) is 2. The van der Waals surface area contributed by atoms with Gasteiger partial charge < -0.3 is 10.1 Å². The van der Waals surface area contributed by atoms with Crippen molar-refractivity contribution in [3.05, 3.63) is 34.5 Å².